The SMILES string of the molecule is COc1ccc(C(=O)N/N=C\c2ccc(-c3ccc(F)cc3)o2)c(OC)c1. The fourth-order valence-corrected chi connectivity index (χ4v) is 2.39. The highest BCUT2D eigenvalue weighted by atomic mass is 19.1. The Balaban J connectivity index is 1.67. The second-order valence-electron chi connectivity index (χ2n) is 5.47. The third kappa shape index (κ3) is 4.33. The van der Waals surface area contributed by atoms with Crippen molar-refractivity contribution in [2.24, 2.45) is 5.10 Å². The van der Waals surface area contributed by atoms with Crippen LogP contribution in [0.4, 0.5) is 4.39 Å². The van der Waals surface area contributed by atoms with E-state index in [-0.39, 0.29) is 5.82 Å². The van der Waals surface area contributed by atoms with Gasteiger partial charge in [-0.25, -0.2) is 9.82 Å². The molecule has 138 valence electrons. The lowest BCUT2D eigenvalue weighted by atomic mass is 10.2. The van der Waals surface area contributed by atoms with Gasteiger partial charge in [0.1, 0.15) is 28.8 Å². The molecule has 0 radical (unpaired) electrons. The van der Waals surface area contributed by atoms with Gasteiger partial charge in [-0.05, 0) is 48.5 Å². The number of nitrogens with one attached hydrogen (secondary N) is 1. The molecule has 3 aromatic rings. The molecular formula is C20H17FN2O4. The van der Waals surface area contributed by atoms with Crippen LogP contribution in [0.1, 0.15) is 16.1 Å². The molecule has 0 aliphatic rings. The van der Waals surface area contributed by atoms with Crippen LogP contribution < -0.4 is 14.9 Å². The van der Waals surface area contributed by atoms with Crippen molar-refractivity contribution in [1.82, 2.24) is 5.43 Å². The van der Waals surface area contributed by atoms with Crippen LogP contribution in [0.5, 0.6) is 11.5 Å². The van der Waals surface area contributed by atoms with Gasteiger partial charge < -0.3 is 13.9 Å². The van der Waals surface area contributed by atoms with Crippen LogP contribution >= 0.6 is 0 Å². The molecule has 27 heavy (non-hydrogen) atoms. The van der Waals surface area contributed by atoms with Gasteiger partial charge in [-0.3, -0.25) is 4.79 Å². The van der Waals surface area contributed by atoms with E-state index in [2.05, 4.69) is 10.5 Å². The summed E-state index contributed by atoms with van der Waals surface area (Å²) in [4.78, 5) is 12.3. The molecule has 1 N–H and O–H groups in total. The highest BCUT2D eigenvalue weighted by Crippen LogP contribution is 2.24. The average Bonchev–Trinajstić information content (AvgIpc) is 3.16. The number of nitrogens with zero attached hydrogens (tertiary/aromatic N) is 1. The maximum Gasteiger partial charge on any atom is 0.275 e. The zero-order valence-electron chi connectivity index (χ0n) is 14.7. The highest BCUT2D eigenvalue weighted by Gasteiger charge is 2.12. The van der Waals surface area contributed by atoms with Crippen LogP contribution in [-0.2, 0) is 0 Å². The normalized spacial score (nSPS) is 10.8. The first-order chi connectivity index (χ1) is 13.1. The Kier molecular flexibility index (Phi) is 5.51. The molecule has 0 bridgehead atoms. The van der Waals surface area contributed by atoms with Gasteiger partial charge in [-0.15, -0.1) is 0 Å². The number of hydrogen-bond acceptors (Lipinski definition) is 5. The fourth-order valence-electron chi connectivity index (χ4n) is 2.39. The maximum atomic E-state index is 13.0. The summed E-state index contributed by atoms with van der Waals surface area (Å²) in [6, 6.07) is 14.2. The Morgan fingerprint density at radius 2 is 1.85 bits per heavy atom. The second kappa shape index (κ2) is 8.18. The van der Waals surface area contributed by atoms with Gasteiger partial charge in [0.05, 0.1) is 26.0 Å². The lowest BCUT2D eigenvalue weighted by molar-refractivity contribution is 0.0952. The van der Waals surface area contributed by atoms with E-state index in [0.29, 0.717) is 28.6 Å². The molecule has 6 nitrogen and oxygen atoms in total. The quantitative estimate of drug-likeness (QED) is 0.530. The van der Waals surface area contributed by atoms with Crippen molar-refractivity contribution in [3.05, 3.63) is 71.7 Å². The number of carbonyl (C=O) groups is 1. The van der Waals surface area contributed by atoms with E-state index in [1.165, 1.54) is 32.6 Å². The van der Waals surface area contributed by atoms with Crippen LogP contribution in [0.3, 0.4) is 0 Å². The number of ether oxygens (including phenoxy) is 2. The Hall–Kier alpha value is -3.61. The van der Waals surface area contributed by atoms with Crippen molar-refractivity contribution in [1.29, 1.82) is 0 Å². The van der Waals surface area contributed by atoms with E-state index >= 15 is 0 Å². The van der Waals surface area contributed by atoms with Crippen LogP contribution in [0.2, 0.25) is 0 Å². The minimum Gasteiger partial charge on any atom is -0.497 e. The summed E-state index contributed by atoms with van der Waals surface area (Å²) in [5.41, 5.74) is 3.48. The molecule has 0 atom stereocenters. The zero-order chi connectivity index (χ0) is 19.2. The van der Waals surface area contributed by atoms with Crippen LogP contribution in [0.15, 0.2) is 64.1 Å². The van der Waals surface area contributed by atoms with Gasteiger partial charge in [-0.1, -0.05) is 0 Å². The minimum atomic E-state index is -0.434. The topological polar surface area (TPSA) is 73.1 Å². The van der Waals surface area contributed by atoms with Gasteiger partial charge in [0.15, 0.2) is 0 Å². The van der Waals surface area contributed by atoms with Crippen LogP contribution in [0, 0.1) is 5.82 Å². The monoisotopic (exact) mass is 368 g/mol. The first-order valence-corrected chi connectivity index (χ1v) is 8.02. The maximum absolute atomic E-state index is 13.0. The Bertz CT molecular complexity index is 964. The van der Waals surface area contributed by atoms with Gasteiger partial charge in [0.25, 0.3) is 5.91 Å². The third-order valence-corrected chi connectivity index (χ3v) is 3.77. The molecule has 0 fully saturated rings. The zero-order valence-corrected chi connectivity index (χ0v) is 14.7. The second-order valence-corrected chi connectivity index (χ2v) is 5.47. The number of furan rings is 1. The largest absolute Gasteiger partial charge is 0.497 e. The Morgan fingerprint density at radius 3 is 2.56 bits per heavy atom. The highest BCUT2D eigenvalue weighted by molar-refractivity contribution is 5.97. The molecular weight excluding hydrogens is 351 g/mol. The molecule has 1 amide bonds. The van der Waals surface area contributed by atoms with Gasteiger partial charge in [0.2, 0.25) is 0 Å². The molecule has 0 saturated carbocycles. The molecule has 0 saturated heterocycles. The summed E-state index contributed by atoms with van der Waals surface area (Å²) in [6.45, 7) is 0. The van der Waals surface area contributed by atoms with Gasteiger partial charge in [0, 0.05) is 11.6 Å². The van der Waals surface area contributed by atoms with Crippen molar-refractivity contribution in [2.75, 3.05) is 14.2 Å². The Labute approximate surface area is 155 Å². The minimum absolute atomic E-state index is 0.316. The summed E-state index contributed by atoms with van der Waals surface area (Å²) in [7, 11) is 3.00. The number of hydrazone groups is 1. The van der Waals surface area contributed by atoms with Crippen molar-refractivity contribution in [3.8, 4) is 22.8 Å². The van der Waals surface area contributed by atoms with E-state index < -0.39 is 5.91 Å². The number of rotatable bonds is 6. The summed E-state index contributed by atoms with van der Waals surface area (Å²) >= 11 is 0. The first kappa shape index (κ1) is 18.2. The fraction of sp³-hybridized carbons (Fsp3) is 0.100. The Morgan fingerprint density at radius 1 is 1.07 bits per heavy atom. The smallest absolute Gasteiger partial charge is 0.275 e. The third-order valence-electron chi connectivity index (χ3n) is 3.77. The van der Waals surface area contributed by atoms with Crippen molar-refractivity contribution < 1.29 is 23.1 Å². The van der Waals surface area contributed by atoms with Crippen molar-refractivity contribution >= 4 is 12.1 Å². The van der Waals surface area contributed by atoms with E-state index in [4.69, 9.17) is 13.9 Å². The predicted octanol–water partition coefficient (Wildman–Crippen LogP) is 3.87. The van der Waals surface area contributed by atoms with Gasteiger partial charge >= 0.3 is 0 Å². The molecule has 0 aliphatic carbocycles. The number of carbonyl (C=O) groups excluding carboxylic acids is 1. The van der Waals surface area contributed by atoms with E-state index in [9.17, 15) is 9.18 Å². The molecule has 7 heteroatoms. The number of methoxy groups -OCH3 is 2. The van der Waals surface area contributed by atoms with Crippen molar-refractivity contribution in [3.63, 3.8) is 0 Å². The molecule has 3 rings (SSSR count). The number of benzene rings is 2. The van der Waals surface area contributed by atoms with Crippen molar-refractivity contribution in [2.45, 2.75) is 0 Å². The van der Waals surface area contributed by atoms with E-state index in [1.807, 2.05) is 0 Å². The standard InChI is InChI=1S/C20H17FN2O4/c1-25-15-7-9-17(19(11-15)26-2)20(24)23-22-12-16-8-10-18(27-16)13-3-5-14(21)6-4-13/h3-12H,1-2H3,(H,23,24)/b22-12-. The van der Waals surface area contributed by atoms with E-state index in [0.717, 1.165) is 5.56 Å². The van der Waals surface area contributed by atoms with E-state index in [1.54, 1.807) is 42.5 Å². The molecule has 2 aromatic carbocycles. The first-order valence-electron chi connectivity index (χ1n) is 8.02. The summed E-state index contributed by atoms with van der Waals surface area (Å²) < 4.78 is 28.9. The number of halogens is 1. The summed E-state index contributed by atoms with van der Waals surface area (Å²) in [6.07, 6.45) is 1.38. The summed E-state index contributed by atoms with van der Waals surface area (Å²) in [5, 5.41) is 3.89. The molecule has 1 aromatic heterocycles. The van der Waals surface area contributed by atoms with Crippen LogP contribution in [0.25, 0.3) is 11.3 Å². The number of hydrogen-bond donors (Lipinski definition) is 1. The predicted molar refractivity (Wildman–Crippen MR) is 98.7 cm³/mol. The van der Waals surface area contributed by atoms with Crippen LogP contribution in [-0.4, -0.2) is 26.3 Å². The average molecular weight is 368 g/mol. The molecule has 0 aliphatic heterocycles. The molecule has 0 spiro atoms. The number of amides is 1. The lowest BCUT2D eigenvalue weighted by Crippen LogP contribution is -2.18. The molecule has 0 unspecified atom stereocenters. The summed E-state index contributed by atoms with van der Waals surface area (Å²) in [5.74, 6) is 1.21. The lowest BCUT2D eigenvalue weighted by Gasteiger charge is -2.08. The van der Waals surface area contributed by atoms with Gasteiger partial charge in [-0.2, -0.15) is 5.10 Å². The molecule has 1 heterocycles.